The lowest BCUT2D eigenvalue weighted by Gasteiger charge is -2.58. The number of carbonyl (C=O) groups excluding carboxylic acids is 2. The molecular formula is C20H24O5. The molecule has 0 saturated heterocycles. The summed E-state index contributed by atoms with van der Waals surface area (Å²) in [5, 5.41) is 10.7. The standard InChI is InChI=1S/C20H24O5/c1-24-17-5-3-2-4-15(17)16(21)11-25-18(22)19-7-13-6-14(8-19)10-20(23,9-13)12-19/h2-5,13-14,23H,6-12H2,1H3/t13-,14+,19?,20?. The topological polar surface area (TPSA) is 72.8 Å². The first-order valence-electron chi connectivity index (χ1n) is 8.99. The monoisotopic (exact) mass is 344 g/mol. The van der Waals surface area contributed by atoms with Gasteiger partial charge in [-0.25, -0.2) is 0 Å². The summed E-state index contributed by atoms with van der Waals surface area (Å²) in [4.78, 5) is 25.2. The van der Waals surface area contributed by atoms with Gasteiger partial charge in [0.2, 0.25) is 5.78 Å². The maximum Gasteiger partial charge on any atom is 0.312 e. The summed E-state index contributed by atoms with van der Waals surface area (Å²) in [7, 11) is 1.51. The molecule has 0 aliphatic heterocycles. The smallest absolute Gasteiger partial charge is 0.312 e. The van der Waals surface area contributed by atoms with Crippen LogP contribution in [0.2, 0.25) is 0 Å². The van der Waals surface area contributed by atoms with E-state index in [1.54, 1.807) is 24.3 Å². The fourth-order valence-electron chi connectivity index (χ4n) is 5.69. The largest absolute Gasteiger partial charge is 0.496 e. The van der Waals surface area contributed by atoms with Gasteiger partial charge in [-0.2, -0.15) is 0 Å². The first-order chi connectivity index (χ1) is 11.9. The number of hydrogen-bond acceptors (Lipinski definition) is 5. The number of hydrogen-bond donors (Lipinski definition) is 1. The second-order valence-electron chi connectivity index (χ2n) is 8.17. The van der Waals surface area contributed by atoms with Crippen molar-refractivity contribution in [2.75, 3.05) is 13.7 Å². The maximum atomic E-state index is 12.8. The van der Waals surface area contributed by atoms with Gasteiger partial charge in [0.15, 0.2) is 6.61 Å². The van der Waals surface area contributed by atoms with Gasteiger partial charge < -0.3 is 14.6 Å². The van der Waals surface area contributed by atoms with Crippen LogP contribution in [0.5, 0.6) is 5.75 Å². The van der Waals surface area contributed by atoms with Gasteiger partial charge in [-0.05, 0) is 62.5 Å². The molecule has 25 heavy (non-hydrogen) atoms. The molecule has 2 unspecified atom stereocenters. The van der Waals surface area contributed by atoms with Crippen molar-refractivity contribution < 1.29 is 24.2 Å². The second-order valence-corrected chi connectivity index (χ2v) is 8.17. The van der Waals surface area contributed by atoms with Crippen LogP contribution in [0.25, 0.3) is 0 Å². The number of aliphatic hydroxyl groups is 1. The summed E-state index contributed by atoms with van der Waals surface area (Å²) < 4.78 is 10.6. The van der Waals surface area contributed by atoms with E-state index in [4.69, 9.17) is 9.47 Å². The van der Waals surface area contributed by atoms with E-state index in [1.165, 1.54) is 7.11 Å². The third-order valence-electron chi connectivity index (χ3n) is 6.20. The zero-order valence-electron chi connectivity index (χ0n) is 14.5. The number of carbonyl (C=O) groups is 2. The number of rotatable bonds is 5. The van der Waals surface area contributed by atoms with Crippen LogP contribution in [0.1, 0.15) is 48.9 Å². The van der Waals surface area contributed by atoms with Crippen LogP contribution >= 0.6 is 0 Å². The number of esters is 1. The Bertz CT molecular complexity index is 696. The Morgan fingerprint density at radius 2 is 1.84 bits per heavy atom. The highest BCUT2D eigenvalue weighted by Gasteiger charge is 2.60. The molecule has 4 saturated carbocycles. The first-order valence-corrected chi connectivity index (χ1v) is 8.99. The molecule has 0 spiro atoms. The lowest BCUT2D eigenvalue weighted by atomic mass is 9.48. The van der Waals surface area contributed by atoms with Gasteiger partial charge in [0.25, 0.3) is 0 Å². The number of ether oxygens (including phenoxy) is 2. The summed E-state index contributed by atoms with van der Waals surface area (Å²) in [6.07, 6.45) is 4.77. The van der Waals surface area contributed by atoms with Crippen molar-refractivity contribution >= 4 is 11.8 Å². The van der Waals surface area contributed by atoms with Gasteiger partial charge in [-0.15, -0.1) is 0 Å². The summed E-state index contributed by atoms with van der Waals surface area (Å²) in [6.45, 7) is -0.283. The molecule has 134 valence electrons. The molecule has 0 aromatic heterocycles. The van der Waals surface area contributed by atoms with E-state index >= 15 is 0 Å². The zero-order chi connectivity index (χ0) is 17.7. The number of methoxy groups -OCH3 is 1. The minimum atomic E-state index is -0.713. The highest BCUT2D eigenvalue weighted by Crippen LogP contribution is 2.61. The highest BCUT2D eigenvalue weighted by atomic mass is 16.5. The SMILES string of the molecule is COc1ccccc1C(=O)COC(=O)C12C[C@@H]3C[C@@H](CC(O)(C3)C1)C2. The van der Waals surface area contributed by atoms with Gasteiger partial charge in [-0.3, -0.25) is 9.59 Å². The zero-order valence-corrected chi connectivity index (χ0v) is 14.5. The van der Waals surface area contributed by atoms with Crippen LogP contribution in [0, 0.1) is 17.3 Å². The van der Waals surface area contributed by atoms with E-state index in [9.17, 15) is 14.7 Å². The third kappa shape index (κ3) is 2.84. The summed E-state index contributed by atoms with van der Waals surface area (Å²) in [6, 6.07) is 6.93. The van der Waals surface area contributed by atoms with Crippen LogP contribution in [0.4, 0.5) is 0 Å². The normalized spacial score (nSPS) is 35.4. The van der Waals surface area contributed by atoms with E-state index in [0.717, 1.165) is 32.1 Å². The fourth-order valence-corrected chi connectivity index (χ4v) is 5.69. The number of benzene rings is 1. The maximum absolute atomic E-state index is 12.8. The van der Waals surface area contributed by atoms with Gasteiger partial charge in [-0.1, -0.05) is 12.1 Å². The lowest BCUT2D eigenvalue weighted by molar-refractivity contribution is -0.195. The van der Waals surface area contributed by atoms with Crippen molar-refractivity contribution in [3.05, 3.63) is 29.8 Å². The Hall–Kier alpha value is -1.88. The molecule has 4 atom stereocenters. The summed E-state index contributed by atoms with van der Waals surface area (Å²) in [5.41, 5.74) is -0.891. The van der Waals surface area contributed by atoms with E-state index in [-0.39, 0.29) is 18.4 Å². The van der Waals surface area contributed by atoms with Crippen molar-refractivity contribution in [3.63, 3.8) is 0 Å². The Balaban J connectivity index is 1.45. The van der Waals surface area contributed by atoms with Crippen molar-refractivity contribution in [1.29, 1.82) is 0 Å². The van der Waals surface area contributed by atoms with E-state index in [1.807, 2.05) is 0 Å². The molecule has 1 N–H and O–H groups in total. The number of Topliss-reactive ketones (excluding diaryl/α,β-unsaturated/α-hetero) is 1. The molecule has 0 amide bonds. The molecule has 0 radical (unpaired) electrons. The average Bonchev–Trinajstić information content (AvgIpc) is 2.57. The molecule has 5 heteroatoms. The van der Waals surface area contributed by atoms with Gasteiger partial charge in [0.05, 0.1) is 23.7 Å². The minimum Gasteiger partial charge on any atom is -0.496 e. The predicted octanol–water partition coefficient (Wildman–Crippen LogP) is 2.75. The Labute approximate surface area is 147 Å². The van der Waals surface area contributed by atoms with E-state index in [0.29, 0.717) is 29.6 Å². The third-order valence-corrected chi connectivity index (χ3v) is 6.20. The molecule has 0 heterocycles. The molecule has 4 fully saturated rings. The molecule has 1 aromatic rings. The summed E-state index contributed by atoms with van der Waals surface area (Å²) in [5.74, 6) is 0.706. The quantitative estimate of drug-likeness (QED) is 0.657. The number of para-hydroxylation sites is 1. The van der Waals surface area contributed by atoms with Gasteiger partial charge in [0, 0.05) is 0 Å². The van der Waals surface area contributed by atoms with Crippen LogP contribution in [0.3, 0.4) is 0 Å². The molecule has 5 nitrogen and oxygen atoms in total. The molecule has 5 rings (SSSR count). The van der Waals surface area contributed by atoms with Crippen molar-refractivity contribution in [1.82, 2.24) is 0 Å². The minimum absolute atomic E-state index is 0.269. The second kappa shape index (κ2) is 5.84. The molecule has 1 aromatic carbocycles. The Kier molecular flexibility index (Phi) is 3.87. The highest BCUT2D eigenvalue weighted by molar-refractivity contribution is 6.00. The Morgan fingerprint density at radius 1 is 1.16 bits per heavy atom. The van der Waals surface area contributed by atoms with Crippen LogP contribution in [-0.2, 0) is 9.53 Å². The summed E-state index contributed by atoms with van der Waals surface area (Å²) >= 11 is 0. The van der Waals surface area contributed by atoms with Crippen LogP contribution in [0.15, 0.2) is 24.3 Å². The molecule has 4 aliphatic carbocycles. The lowest BCUT2D eigenvalue weighted by Crippen LogP contribution is -2.58. The van der Waals surface area contributed by atoms with Crippen LogP contribution in [-0.4, -0.2) is 36.2 Å². The van der Waals surface area contributed by atoms with E-state index in [2.05, 4.69) is 0 Å². The van der Waals surface area contributed by atoms with Gasteiger partial charge >= 0.3 is 5.97 Å². The predicted molar refractivity (Wildman–Crippen MR) is 90.3 cm³/mol. The Morgan fingerprint density at radius 3 is 2.48 bits per heavy atom. The van der Waals surface area contributed by atoms with Crippen molar-refractivity contribution in [2.45, 2.75) is 44.1 Å². The van der Waals surface area contributed by atoms with Crippen molar-refractivity contribution in [2.24, 2.45) is 17.3 Å². The molecule has 4 bridgehead atoms. The molecular weight excluding hydrogens is 320 g/mol. The van der Waals surface area contributed by atoms with Gasteiger partial charge in [0.1, 0.15) is 5.75 Å². The fraction of sp³-hybridized carbons (Fsp3) is 0.600. The van der Waals surface area contributed by atoms with Crippen molar-refractivity contribution in [3.8, 4) is 5.75 Å². The number of ketones is 1. The first kappa shape index (κ1) is 16.6. The average molecular weight is 344 g/mol. The van der Waals surface area contributed by atoms with E-state index < -0.39 is 11.0 Å². The molecule has 4 aliphatic rings. The van der Waals surface area contributed by atoms with Crippen LogP contribution < -0.4 is 4.74 Å².